The SMILES string of the molecule is CC(C)NCc1cnc(Oc2ccc(Br)c(F)c2)cn1. The Balaban J connectivity index is 2.01. The Morgan fingerprint density at radius 1 is 1.30 bits per heavy atom. The van der Waals surface area contributed by atoms with Gasteiger partial charge in [0.15, 0.2) is 0 Å². The van der Waals surface area contributed by atoms with Crippen molar-refractivity contribution in [2.24, 2.45) is 0 Å². The van der Waals surface area contributed by atoms with E-state index in [0.29, 0.717) is 28.7 Å². The van der Waals surface area contributed by atoms with Gasteiger partial charge in [-0.15, -0.1) is 0 Å². The predicted molar refractivity (Wildman–Crippen MR) is 78.2 cm³/mol. The Kier molecular flexibility index (Phi) is 5.03. The van der Waals surface area contributed by atoms with Gasteiger partial charge in [-0.3, -0.25) is 4.98 Å². The molecule has 0 spiro atoms. The highest BCUT2D eigenvalue weighted by atomic mass is 79.9. The number of ether oxygens (including phenoxy) is 1. The van der Waals surface area contributed by atoms with Crippen LogP contribution in [0.1, 0.15) is 19.5 Å². The molecule has 1 aromatic heterocycles. The molecule has 2 rings (SSSR count). The van der Waals surface area contributed by atoms with Gasteiger partial charge in [0.1, 0.15) is 11.6 Å². The van der Waals surface area contributed by atoms with Crippen molar-refractivity contribution < 1.29 is 9.13 Å². The summed E-state index contributed by atoms with van der Waals surface area (Å²) in [4.78, 5) is 8.38. The van der Waals surface area contributed by atoms with E-state index in [1.165, 1.54) is 12.3 Å². The van der Waals surface area contributed by atoms with Gasteiger partial charge in [0, 0.05) is 18.7 Å². The third kappa shape index (κ3) is 4.25. The van der Waals surface area contributed by atoms with Crippen LogP contribution in [0.2, 0.25) is 0 Å². The Morgan fingerprint density at radius 3 is 2.70 bits per heavy atom. The Labute approximate surface area is 125 Å². The lowest BCUT2D eigenvalue weighted by molar-refractivity contribution is 0.453. The van der Waals surface area contributed by atoms with Crippen molar-refractivity contribution >= 4 is 15.9 Å². The molecule has 4 nitrogen and oxygen atoms in total. The van der Waals surface area contributed by atoms with Gasteiger partial charge in [-0.1, -0.05) is 13.8 Å². The van der Waals surface area contributed by atoms with Crippen LogP contribution in [-0.4, -0.2) is 16.0 Å². The Hall–Kier alpha value is -1.53. The van der Waals surface area contributed by atoms with Gasteiger partial charge in [-0.05, 0) is 28.1 Å². The number of halogens is 2. The second kappa shape index (κ2) is 6.76. The van der Waals surface area contributed by atoms with Gasteiger partial charge in [-0.2, -0.15) is 0 Å². The molecule has 0 aliphatic heterocycles. The molecular formula is C14H15BrFN3O. The zero-order chi connectivity index (χ0) is 14.5. The maximum absolute atomic E-state index is 13.4. The van der Waals surface area contributed by atoms with Crippen LogP contribution in [0.25, 0.3) is 0 Å². The highest BCUT2D eigenvalue weighted by molar-refractivity contribution is 9.10. The number of nitrogens with one attached hydrogen (secondary N) is 1. The van der Waals surface area contributed by atoms with Crippen molar-refractivity contribution in [3.05, 3.63) is 46.6 Å². The lowest BCUT2D eigenvalue weighted by Gasteiger charge is -2.08. The van der Waals surface area contributed by atoms with Crippen molar-refractivity contribution in [2.45, 2.75) is 26.4 Å². The second-order valence-electron chi connectivity index (χ2n) is 4.56. The average Bonchev–Trinajstić information content (AvgIpc) is 2.42. The quantitative estimate of drug-likeness (QED) is 0.902. The molecule has 0 saturated heterocycles. The fourth-order valence-corrected chi connectivity index (χ4v) is 1.70. The summed E-state index contributed by atoms with van der Waals surface area (Å²) in [7, 11) is 0. The molecule has 1 N–H and O–H groups in total. The molecule has 0 radical (unpaired) electrons. The molecule has 0 fully saturated rings. The molecule has 0 amide bonds. The summed E-state index contributed by atoms with van der Waals surface area (Å²) in [5.74, 6) is 0.335. The highest BCUT2D eigenvalue weighted by Crippen LogP contribution is 2.24. The first-order chi connectivity index (χ1) is 9.54. The molecule has 0 atom stereocenters. The minimum atomic E-state index is -0.381. The summed E-state index contributed by atoms with van der Waals surface area (Å²) >= 11 is 3.09. The summed E-state index contributed by atoms with van der Waals surface area (Å²) in [6.07, 6.45) is 3.16. The average molecular weight is 340 g/mol. The van der Waals surface area contributed by atoms with Crippen molar-refractivity contribution in [2.75, 3.05) is 0 Å². The van der Waals surface area contributed by atoms with E-state index >= 15 is 0 Å². The lowest BCUT2D eigenvalue weighted by Crippen LogP contribution is -2.22. The summed E-state index contributed by atoms with van der Waals surface area (Å²) < 4.78 is 19.2. The Morgan fingerprint density at radius 2 is 2.10 bits per heavy atom. The lowest BCUT2D eigenvalue weighted by atomic mass is 10.3. The molecule has 0 unspecified atom stereocenters. The van der Waals surface area contributed by atoms with Crippen LogP contribution in [0.4, 0.5) is 4.39 Å². The van der Waals surface area contributed by atoms with Gasteiger partial charge >= 0.3 is 0 Å². The molecule has 0 aliphatic carbocycles. The van der Waals surface area contributed by atoms with Crippen molar-refractivity contribution in [1.29, 1.82) is 0 Å². The van der Waals surface area contributed by atoms with Crippen molar-refractivity contribution in [1.82, 2.24) is 15.3 Å². The molecule has 0 saturated carbocycles. The number of rotatable bonds is 5. The first kappa shape index (κ1) is 14.9. The first-order valence-corrected chi connectivity index (χ1v) is 7.01. The number of hydrogen-bond donors (Lipinski definition) is 1. The first-order valence-electron chi connectivity index (χ1n) is 6.22. The number of nitrogens with zero attached hydrogens (tertiary/aromatic N) is 2. The molecule has 0 aliphatic rings. The van der Waals surface area contributed by atoms with E-state index in [1.807, 2.05) is 0 Å². The summed E-state index contributed by atoms with van der Waals surface area (Å²) in [5.41, 5.74) is 0.827. The summed E-state index contributed by atoms with van der Waals surface area (Å²) in [5, 5.41) is 3.25. The van der Waals surface area contributed by atoms with Gasteiger partial charge < -0.3 is 10.1 Å². The van der Waals surface area contributed by atoms with E-state index in [0.717, 1.165) is 5.69 Å². The topological polar surface area (TPSA) is 47.0 Å². The van der Waals surface area contributed by atoms with Crippen molar-refractivity contribution in [3.63, 3.8) is 0 Å². The van der Waals surface area contributed by atoms with Crippen LogP contribution < -0.4 is 10.1 Å². The largest absolute Gasteiger partial charge is 0.437 e. The normalized spacial score (nSPS) is 10.8. The third-order valence-corrected chi connectivity index (χ3v) is 3.13. The Bertz CT molecular complexity index is 575. The molecular weight excluding hydrogens is 325 g/mol. The highest BCUT2D eigenvalue weighted by Gasteiger charge is 2.04. The molecule has 2 aromatic rings. The van der Waals surface area contributed by atoms with Gasteiger partial charge in [0.05, 0.1) is 22.6 Å². The van der Waals surface area contributed by atoms with Crippen LogP contribution in [0.15, 0.2) is 35.1 Å². The molecule has 1 heterocycles. The fourth-order valence-electron chi connectivity index (χ4n) is 1.46. The van der Waals surface area contributed by atoms with Gasteiger partial charge in [0.25, 0.3) is 0 Å². The van der Waals surface area contributed by atoms with E-state index < -0.39 is 0 Å². The zero-order valence-corrected chi connectivity index (χ0v) is 12.8. The van der Waals surface area contributed by atoms with Crippen LogP contribution >= 0.6 is 15.9 Å². The van der Waals surface area contributed by atoms with Crippen LogP contribution in [0.5, 0.6) is 11.6 Å². The maximum atomic E-state index is 13.4. The van der Waals surface area contributed by atoms with E-state index in [2.05, 4.69) is 45.1 Å². The molecule has 0 bridgehead atoms. The van der Waals surface area contributed by atoms with Crippen LogP contribution in [-0.2, 0) is 6.54 Å². The van der Waals surface area contributed by atoms with Crippen molar-refractivity contribution in [3.8, 4) is 11.6 Å². The second-order valence-corrected chi connectivity index (χ2v) is 5.41. The standard InChI is InChI=1S/C14H15BrFN3O/c1-9(2)17-6-10-7-19-14(8-18-10)20-11-3-4-12(15)13(16)5-11/h3-5,7-9,17H,6H2,1-2H3. The summed E-state index contributed by atoms with van der Waals surface area (Å²) in [6, 6.07) is 4.92. The van der Waals surface area contributed by atoms with E-state index in [4.69, 9.17) is 4.74 Å². The molecule has 20 heavy (non-hydrogen) atoms. The minimum absolute atomic E-state index is 0.333. The maximum Gasteiger partial charge on any atom is 0.237 e. The summed E-state index contributed by atoms with van der Waals surface area (Å²) in [6.45, 7) is 4.78. The smallest absolute Gasteiger partial charge is 0.237 e. The predicted octanol–water partition coefficient (Wildman–Crippen LogP) is 3.67. The van der Waals surface area contributed by atoms with Crippen LogP contribution in [0, 0.1) is 5.82 Å². The fraction of sp³-hybridized carbons (Fsp3) is 0.286. The molecule has 1 aromatic carbocycles. The van der Waals surface area contributed by atoms with Gasteiger partial charge in [-0.25, -0.2) is 9.37 Å². The van der Waals surface area contributed by atoms with E-state index in [-0.39, 0.29) is 5.82 Å². The number of aromatic nitrogens is 2. The third-order valence-electron chi connectivity index (χ3n) is 2.49. The zero-order valence-electron chi connectivity index (χ0n) is 11.2. The number of benzene rings is 1. The molecule has 106 valence electrons. The monoisotopic (exact) mass is 339 g/mol. The van der Waals surface area contributed by atoms with E-state index in [1.54, 1.807) is 18.3 Å². The number of hydrogen-bond acceptors (Lipinski definition) is 4. The van der Waals surface area contributed by atoms with Gasteiger partial charge in [0.2, 0.25) is 5.88 Å². The van der Waals surface area contributed by atoms with Crippen LogP contribution in [0.3, 0.4) is 0 Å². The molecule has 6 heteroatoms. The van der Waals surface area contributed by atoms with E-state index in [9.17, 15) is 4.39 Å². The minimum Gasteiger partial charge on any atom is -0.437 e.